The van der Waals surface area contributed by atoms with E-state index in [1.54, 1.807) is 12.1 Å². The maximum Gasteiger partial charge on any atom is 0.293 e. The smallest absolute Gasteiger partial charge is 0.293 e. The number of halogens is 1. The lowest BCUT2D eigenvalue weighted by atomic mass is 9.91. The van der Waals surface area contributed by atoms with Gasteiger partial charge in [0.2, 0.25) is 0 Å². The molecule has 1 aromatic rings. The topological polar surface area (TPSA) is 102 Å². The van der Waals surface area contributed by atoms with Crippen LogP contribution in [-0.4, -0.2) is 36.5 Å². The summed E-state index contributed by atoms with van der Waals surface area (Å²) in [7, 11) is 0. The monoisotopic (exact) mass is 384 g/mol. The van der Waals surface area contributed by atoms with Crippen LogP contribution in [0.2, 0.25) is 0 Å². The van der Waals surface area contributed by atoms with E-state index in [4.69, 9.17) is 5.73 Å². The van der Waals surface area contributed by atoms with Crippen LogP contribution in [0.4, 0.5) is 11.4 Å². The molecule has 1 aromatic carbocycles. The molecule has 3 N–H and O–H groups in total. The lowest BCUT2D eigenvalue weighted by Crippen LogP contribution is -2.39. The molecule has 1 fully saturated rings. The van der Waals surface area contributed by atoms with Crippen LogP contribution in [0.1, 0.15) is 44.0 Å². The molecule has 1 aliphatic heterocycles. The fourth-order valence-electron chi connectivity index (χ4n) is 3.45. The molecule has 3 atom stereocenters. The van der Waals surface area contributed by atoms with Crippen molar-refractivity contribution in [3.8, 4) is 0 Å². The van der Waals surface area contributed by atoms with Crippen LogP contribution in [-0.2, 0) is 0 Å². The van der Waals surface area contributed by atoms with E-state index in [1.165, 1.54) is 6.07 Å². The molecule has 2 rings (SSSR count). The first-order valence-electron chi connectivity index (χ1n) is 8.85. The maximum absolute atomic E-state index is 12.2. The number of hydrogen-bond donors (Lipinski definition) is 2. The van der Waals surface area contributed by atoms with Crippen molar-refractivity contribution in [1.29, 1.82) is 0 Å². The number of carbonyl (C=O) groups is 1. The average molecular weight is 385 g/mol. The molecular weight excluding hydrogens is 356 g/mol. The molecule has 7 nitrogen and oxygen atoms in total. The van der Waals surface area contributed by atoms with Crippen molar-refractivity contribution in [2.24, 2.45) is 17.6 Å². The molecule has 0 spiro atoms. The minimum absolute atomic E-state index is 0. The van der Waals surface area contributed by atoms with Gasteiger partial charge in [0, 0.05) is 37.3 Å². The Morgan fingerprint density at radius 1 is 1.38 bits per heavy atom. The lowest BCUT2D eigenvalue weighted by molar-refractivity contribution is -0.384. The number of nitro benzene ring substituents is 1. The Labute approximate surface area is 160 Å². The minimum Gasteiger partial charge on any atom is -0.365 e. The quantitative estimate of drug-likeness (QED) is 0.580. The second-order valence-corrected chi connectivity index (χ2v) is 7.33. The van der Waals surface area contributed by atoms with Gasteiger partial charge in [-0.1, -0.05) is 13.8 Å². The van der Waals surface area contributed by atoms with Crippen LogP contribution in [0, 0.1) is 22.0 Å². The Balaban J connectivity index is 0.00000338. The van der Waals surface area contributed by atoms with E-state index >= 15 is 0 Å². The summed E-state index contributed by atoms with van der Waals surface area (Å²) in [4.78, 5) is 25.4. The van der Waals surface area contributed by atoms with E-state index < -0.39 is 4.92 Å². The number of anilines is 1. The molecule has 1 aliphatic rings. The third kappa shape index (κ3) is 5.85. The van der Waals surface area contributed by atoms with Crippen LogP contribution >= 0.6 is 12.4 Å². The summed E-state index contributed by atoms with van der Waals surface area (Å²) in [5.74, 6) is 0.671. The standard InChI is InChI=1S/C18H28N4O3.ClH/c1-12-8-13(2)11-21(10-12)16-5-4-15(9-17(16)22(24)25)18(23)20-7-6-14(3)19;/h4-5,9,12-14H,6-8,10-11,19H2,1-3H3,(H,20,23);1H. The number of amides is 1. The molecule has 0 aliphatic carbocycles. The normalized spacial score (nSPS) is 20.8. The van der Waals surface area contributed by atoms with Crippen LogP contribution in [0.15, 0.2) is 18.2 Å². The zero-order valence-corrected chi connectivity index (χ0v) is 16.4. The van der Waals surface area contributed by atoms with Crippen molar-refractivity contribution < 1.29 is 9.72 Å². The first-order valence-corrected chi connectivity index (χ1v) is 8.85. The van der Waals surface area contributed by atoms with Gasteiger partial charge in [0.25, 0.3) is 11.6 Å². The van der Waals surface area contributed by atoms with Crippen molar-refractivity contribution in [3.63, 3.8) is 0 Å². The van der Waals surface area contributed by atoms with Crippen LogP contribution in [0.3, 0.4) is 0 Å². The van der Waals surface area contributed by atoms with Gasteiger partial charge in [0.15, 0.2) is 0 Å². The molecule has 0 aromatic heterocycles. The number of hydrogen-bond acceptors (Lipinski definition) is 5. The van der Waals surface area contributed by atoms with E-state index in [-0.39, 0.29) is 30.0 Å². The van der Waals surface area contributed by atoms with Crippen LogP contribution < -0.4 is 16.0 Å². The number of nitrogens with two attached hydrogens (primary N) is 1. The number of piperidine rings is 1. The number of rotatable bonds is 6. The van der Waals surface area contributed by atoms with Crippen LogP contribution in [0.25, 0.3) is 0 Å². The molecule has 3 unspecified atom stereocenters. The third-order valence-corrected chi connectivity index (χ3v) is 4.53. The highest BCUT2D eigenvalue weighted by Gasteiger charge is 2.27. The summed E-state index contributed by atoms with van der Waals surface area (Å²) in [5.41, 5.74) is 6.54. The maximum atomic E-state index is 12.2. The first kappa shape index (κ1) is 22.2. The molecule has 146 valence electrons. The molecule has 8 heteroatoms. The molecule has 1 amide bonds. The van der Waals surface area contributed by atoms with Gasteiger partial charge in [-0.3, -0.25) is 14.9 Å². The molecule has 1 saturated heterocycles. The predicted octanol–water partition coefficient (Wildman–Crippen LogP) is 2.97. The predicted molar refractivity (Wildman–Crippen MR) is 106 cm³/mol. The zero-order valence-electron chi connectivity index (χ0n) is 15.6. The Bertz CT molecular complexity index is 629. The second kappa shape index (κ2) is 9.73. The van der Waals surface area contributed by atoms with Crippen LogP contribution in [0.5, 0.6) is 0 Å². The Morgan fingerprint density at radius 3 is 2.54 bits per heavy atom. The van der Waals surface area contributed by atoms with Crippen molar-refractivity contribution in [2.45, 2.75) is 39.7 Å². The minimum atomic E-state index is -0.405. The van der Waals surface area contributed by atoms with Gasteiger partial charge in [-0.25, -0.2) is 0 Å². The summed E-state index contributed by atoms with van der Waals surface area (Å²) in [6.45, 7) is 8.24. The fraction of sp³-hybridized carbons (Fsp3) is 0.611. The summed E-state index contributed by atoms with van der Waals surface area (Å²) >= 11 is 0. The van der Waals surface area contributed by atoms with Gasteiger partial charge >= 0.3 is 0 Å². The van der Waals surface area contributed by atoms with Crippen molar-refractivity contribution in [3.05, 3.63) is 33.9 Å². The summed E-state index contributed by atoms with van der Waals surface area (Å²) < 4.78 is 0. The number of nitrogens with one attached hydrogen (secondary N) is 1. The summed E-state index contributed by atoms with van der Waals surface area (Å²) in [6.07, 6.45) is 1.79. The van der Waals surface area contributed by atoms with E-state index in [0.29, 0.717) is 36.1 Å². The van der Waals surface area contributed by atoms with E-state index in [2.05, 4.69) is 24.1 Å². The van der Waals surface area contributed by atoms with Gasteiger partial charge in [0.1, 0.15) is 5.69 Å². The SMILES string of the molecule is CC(N)CCNC(=O)c1ccc(N2CC(C)CC(C)C2)c([N+](=O)[O-])c1.Cl. The molecule has 0 bridgehead atoms. The first-order chi connectivity index (χ1) is 11.8. The number of carbonyl (C=O) groups excluding carboxylic acids is 1. The van der Waals surface area contributed by atoms with E-state index in [1.807, 2.05) is 6.92 Å². The largest absolute Gasteiger partial charge is 0.365 e. The molecule has 0 radical (unpaired) electrons. The second-order valence-electron chi connectivity index (χ2n) is 7.33. The average Bonchev–Trinajstić information content (AvgIpc) is 2.52. The third-order valence-electron chi connectivity index (χ3n) is 4.53. The highest BCUT2D eigenvalue weighted by atomic mass is 35.5. The molecular formula is C18H29ClN4O3. The van der Waals surface area contributed by atoms with Crippen molar-refractivity contribution in [1.82, 2.24) is 5.32 Å². The van der Waals surface area contributed by atoms with E-state index in [9.17, 15) is 14.9 Å². The van der Waals surface area contributed by atoms with Gasteiger partial charge in [0.05, 0.1) is 4.92 Å². The molecule has 26 heavy (non-hydrogen) atoms. The summed E-state index contributed by atoms with van der Waals surface area (Å²) in [6, 6.07) is 4.73. The van der Waals surface area contributed by atoms with Gasteiger partial charge in [-0.05, 0) is 43.7 Å². The van der Waals surface area contributed by atoms with E-state index in [0.717, 1.165) is 19.5 Å². The van der Waals surface area contributed by atoms with Gasteiger partial charge < -0.3 is 16.0 Å². The number of benzene rings is 1. The Morgan fingerprint density at radius 2 is 2.00 bits per heavy atom. The lowest BCUT2D eigenvalue weighted by Gasteiger charge is -2.36. The number of nitro groups is 1. The Kier molecular flexibility index (Phi) is 8.30. The highest BCUT2D eigenvalue weighted by Crippen LogP contribution is 2.33. The highest BCUT2D eigenvalue weighted by molar-refractivity contribution is 5.95. The number of nitrogens with zero attached hydrogens (tertiary/aromatic N) is 2. The zero-order chi connectivity index (χ0) is 18.6. The Hall–Kier alpha value is -1.86. The summed E-state index contributed by atoms with van der Waals surface area (Å²) in [5, 5.41) is 14.3. The van der Waals surface area contributed by atoms with Gasteiger partial charge in [-0.15, -0.1) is 12.4 Å². The van der Waals surface area contributed by atoms with Crippen molar-refractivity contribution in [2.75, 3.05) is 24.5 Å². The van der Waals surface area contributed by atoms with Crippen molar-refractivity contribution >= 4 is 29.7 Å². The molecule has 0 saturated carbocycles. The molecule has 1 heterocycles. The van der Waals surface area contributed by atoms with Gasteiger partial charge in [-0.2, -0.15) is 0 Å². The fourth-order valence-corrected chi connectivity index (χ4v) is 3.45.